The van der Waals surface area contributed by atoms with Gasteiger partial charge in [0.15, 0.2) is 5.96 Å². The Morgan fingerprint density at radius 1 is 1.12 bits per heavy atom. The van der Waals surface area contributed by atoms with Crippen molar-refractivity contribution in [1.82, 2.24) is 0 Å². The predicted molar refractivity (Wildman–Crippen MR) is 111 cm³/mol. The van der Waals surface area contributed by atoms with E-state index in [1.165, 1.54) is 29.7 Å². The van der Waals surface area contributed by atoms with Gasteiger partial charge >= 0.3 is 0 Å². The third-order valence-corrected chi connectivity index (χ3v) is 4.94. The summed E-state index contributed by atoms with van der Waals surface area (Å²) in [6.45, 7) is 0.271. The van der Waals surface area contributed by atoms with E-state index in [-0.39, 0.29) is 41.4 Å². The van der Waals surface area contributed by atoms with Crippen LogP contribution in [0.5, 0.6) is 0 Å². The maximum atomic E-state index is 11.4. The number of sulfonamides is 1. The predicted octanol–water partition coefficient (Wildman–Crippen LogP) is 2.37. The maximum Gasteiger partial charge on any atom is 0.238 e. The van der Waals surface area contributed by atoms with E-state index in [0.717, 1.165) is 24.1 Å². The second-order valence-corrected chi connectivity index (χ2v) is 7.42. The fourth-order valence-electron chi connectivity index (χ4n) is 2.83. The van der Waals surface area contributed by atoms with Crippen LogP contribution < -0.4 is 16.2 Å². The van der Waals surface area contributed by atoms with Gasteiger partial charge in [-0.05, 0) is 60.2 Å². The highest BCUT2D eigenvalue weighted by Gasteiger charge is 2.11. The van der Waals surface area contributed by atoms with Crippen molar-refractivity contribution in [2.45, 2.75) is 30.7 Å². The highest BCUT2D eigenvalue weighted by atomic mass is 127. The monoisotopic (exact) mass is 472 g/mol. The second kappa shape index (κ2) is 8.15. The molecule has 5 N–H and O–H groups in total. The average molecular weight is 472 g/mol. The Morgan fingerprint density at radius 3 is 2.64 bits per heavy atom. The molecule has 0 spiro atoms. The third kappa shape index (κ3) is 5.16. The molecule has 6 nitrogen and oxygen atoms in total. The van der Waals surface area contributed by atoms with Gasteiger partial charge in [-0.15, -0.1) is 24.0 Å². The number of guanidine groups is 1. The summed E-state index contributed by atoms with van der Waals surface area (Å²) in [6.07, 6.45) is 3.44. The molecule has 0 aromatic heterocycles. The molecule has 134 valence electrons. The lowest BCUT2D eigenvalue weighted by atomic mass is 10.1. The van der Waals surface area contributed by atoms with Crippen molar-refractivity contribution in [3.63, 3.8) is 0 Å². The number of hydrogen-bond acceptors (Lipinski definition) is 3. The standard InChI is InChI=1S/C17H20N4O2S.HI/c18-17(21-15-8-7-13-4-2-5-14(13)10-15)20-11-12-3-1-6-16(9-12)24(19,22)23;/h1,3,6-10H,2,4-5,11H2,(H3,18,20,21)(H2,19,22,23);1H. The summed E-state index contributed by atoms with van der Waals surface area (Å²) >= 11 is 0. The summed E-state index contributed by atoms with van der Waals surface area (Å²) in [6, 6.07) is 12.6. The van der Waals surface area contributed by atoms with Gasteiger partial charge in [0.05, 0.1) is 11.4 Å². The van der Waals surface area contributed by atoms with Crippen LogP contribution in [0.2, 0.25) is 0 Å². The first-order valence-corrected chi connectivity index (χ1v) is 9.27. The van der Waals surface area contributed by atoms with E-state index in [4.69, 9.17) is 10.9 Å². The SMILES string of the molecule is I.NC(=NCc1cccc(S(N)(=O)=O)c1)Nc1ccc2c(c1)CCC2. The molecule has 8 heteroatoms. The normalized spacial score (nSPS) is 13.9. The number of aliphatic imine (C=N–C) groups is 1. The Bertz CT molecular complexity index is 897. The first kappa shape index (κ1) is 19.7. The molecule has 1 aliphatic rings. The number of fused-ring (bicyclic) bond motifs is 1. The Labute approximate surface area is 164 Å². The van der Waals surface area contributed by atoms with Crippen molar-refractivity contribution in [1.29, 1.82) is 0 Å². The van der Waals surface area contributed by atoms with Gasteiger partial charge in [-0.2, -0.15) is 0 Å². The van der Waals surface area contributed by atoms with Crippen molar-refractivity contribution in [2.24, 2.45) is 15.9 Å². The molecule has 0 fully saturated rings. The molecule has 0 radical (unpaired) electrons. The number of halogens is 1. The van der Waals surface area contributed by atoms with E-state index in [9.17, 15) is 8.42 Å². The molecule has 0 amide bonds. The number of rotatable bonds is 4. The lowest BCUT2D eigenvalue weighted by Crippen LogP contribution is -2.22. The minimum atomic E-state index is -3.71. The number of benzene rings is 2. The van der Waals surface area contributed by atoms with Crippen LogP contribution in [0.3, 0.4) is 0 Å². The number of nitrogens with one attached hydrogen (secondary N) is 1. The molecule has 0 unspecified atom stereocenters. The Morgan fingerprint density at radius 2 is 1.88 bits per heavy atom. The molecule has 0 heterocycles. The van der Waals surface area contributed by atoms with Gasteiger partial charge in [-0.3, -0.25) is 0 Å². The highest BCUT2D eigenvalue weighted by molar-refractivity contribution is 14.0. The summed E-state index contributed by atoms with van der Waals surface area (Å²) in [4.78, 5) is 4.32. The molecule has 0 bridgehead atoms. The number of anilines is 1. The molecule has 1 aliphatic carbocycles. The zero-order valence-electron chi connectivity index (χ0n) is 13.6. The lowest BCUT2D eigenvalue weighted by Gasteiger charge is -2.08. The molecule has 25 heavy (non-hydrogen) atoms. The number of primary sulfonamides is 1. The average Bonchev–Trinajstić information content (AvgIpc) is 3.00. The number of hydrogen-bond donors (Lipinski definition) is 3. The maximum absolute atomic E-state index is 11.4. The zero-order chi connectivity index (χ0) is 17.2. The molecule has 0 aliphatic heterocycles. The number of aryl methyl sites for hydroxylation is 2. The molecular formula is C17H21IN4O2S. The van der Waals surface area contributed by atoms with E-state index in [1.54, 1.807) is 12.1 Å². The summed E-state index contributed by atoms with van der Waals surface area (Å²) in [7, 11) is -3.71. The number of nitrogens with two attached hydrogens (primary N) is 2. The van der Waals surface area contributed by atoms with Crippen LogP contribution in [0.4, 0.5) is 5.69 Å². The van der Waals surface area contributed by atoms with Gasteiger partial charge in [0.2, 0.25) is 10.0 Å². The van der Waals surface area contributed by atoms with E-state index in [0.29, 0.717) is 0 Å². The molecule has 0 atom stereocenters. The van der Waals surface area contributed by atoms with Gasteiger partial charge in [-0.1, -0.05) is 18.2 Å². The van der Waals surface area contributed by atoms with Crippen molar-refractivity contribution >= 4 is 45.6 Å². The van der Waals surface area contributed by atoms with Crippen LogP contribution in [-0.4, -0.2) is 14.4 Å². The smallest absolute Gasteiger partial charge is 0.238 e. The summed E-state index contributed by atoms with van der Waals surface area (Å²) in [5.74, 6) is 0.286. The minimum absolute atomic E-state index is 0. The molecular weight excluding hydrogens is 451 g/mol. The first-order chi connectivity index (χ1) is 11.4. The lowest BCUT2D eigenvalue weighted by molar-refractivity contribution is 0.597. The largest absolute Gasteiger partial charge is 0.370 e. The Balaban J connectivity index is 0.00000225. The van der Waals surface area contributed by atoms with E-state index >= 15 is 0 Å². The minimum Gasteiger partial charge on any atom is -0.370 e. The molecule has 3 rings (SSSR count). The van der Waals surface area contributed by atoms with E-state index in [2.05, 4.69) is 22.4 Å². The van der Waals surface area contributed by atoms with E-state index in [1.807, 2.05) is 6.07 Å². The topological polar surface area (TPSA) is 111 Å². The molecule has 2 aromatic rings. The van der Waals surface area contributed by atoms with Crippen LogP contribution in [0.1, 0.15) is 23.1 Å². The fourth-order valence-corrected chi connectivity index (χ4v) is 3.42. The summed E-state index contributed by atoms with van der Waals surface area (Å²) in [5.41, 5.74) is 10.3. The van der Waals surface area contributed by atoms with Gasteiger partial charge in [0, 0.05) is 5.69 Å². The molecule has 0 saturated heterocycles. The van der Waals surface area contributed by atoms with Crippen molar-refractivity contribution in [3.8, 4) is 0 Å². The summed E-state index contributed by atoms with van der Waals surface area (Å²) < 4.78 is 22.7. The van der Waals surface area contributed by atoms with Gasteiger partial charge in [0.25, 0.3) is 0 Å². The third-order valence-electron chi connectivity index (χ3n) is 4.03. The van der Waals surface area contributed by atoms with Crippen molar-refractivity contribution in [3.05, 3.63) is 59.2 Å². The van der Waals surface area contributed by atoms with Crippen molar-refractivity contribution in [2.75, 3.05) is 5.32 Å². The van der Waals surface area contributed by atoms with Crippen LogP contribution in [0.15, 0.2) is 52.4 Å². The van der Waals surface area contributed by atoms with Crippen LogP contribution in [0.25, 0.3) is 0 Å². The zero-order valence-corrected chi connectivity index (χ0v) is 16.8. The second-order valence-electron chi connectivity index (χ2n) is 5.86. The van der Waals surface area contributed by atoms with Crippen molar-refractivity contribution < 1.29 is 8.42 Å². The van der Waals surface area contributed by atoms with Gasteiger partial charge in [0.1, 0.15) is 0 Å². The Kier molecular flexibility index (Phi) is 6.42. The number of nitrogens with zero attached hydrogens (tertiary/aromatic N) is 1. The van der Waals surface area contributed by atoms with Crippen LogP contribution in [-0.2, 0) is 29.4 Å². The highest BCUT2D eigenvalue weighted by Crippen LogP contribution is 2.24. The quantitative estimate of drug-likeness (QED) is 0.361. The van der Waals surface area contributed by atoms with Gasteiger partial charge < -0.3 is 11.1 Å². The van der Waals surface area contributed by atoms with Crippen LogP contribution in [0, 0.1) is 0 Å². The Hall–Kier alpha value is -1.65. The first-order valence-electron chi connectivity index (χ1n) is 7.72. The van der Waals surface area contributed by atoms with Crippen LogP contribution >= 0.6 is 24.0 Å². The molecule has 2 aromatic carbocycles. The molecule has 0 saturated carbocycles. The summed E-state index contributed by atoms with van der Waals surface area (Å²) in [5, 5.41) is 8.20. The van der Waals surface area contributed by atoms with Gasteiger partial charge in [-0.25, -0.2) is 18.5 Å². The fraction of sp³-hybridized carbons (Fsp3) is 0.235. The van der Waals surface area contributed by atoms with E-state index < -0.39 is 10.0 Å².